The molecule has 3 aliphatic carbocycles. The number of carbonyl (C=O) groups is 2. The summed E-state index contributed by atoms with van der Waals surface area (Å²) in [6, 6.07) is 7.70. The zero-order valence-corrected chi connectivity index (χ0v) is 14.7. The molecule has 0 saturated heterocycles. The number of fused-ring (bicyclic) bond motifs is 2. The largest absolute Gasteiger partial charge is 0.349 e. The monoisotopic (exact) mass is 341 g/mol. The molecular formula is C20H27N3O2. The van der Waals surface area contributed by atoms with Crippen molar-refractivity contribution in [3.05, 3.63) is 29.8 Å². The summed E-state index contributed by atoms with van der Waals surface area (Å²) in [7, 11) is 0. The summed E-state index contributed by atoms with van der Waals surface area (Å²) < 4.78 is 0. The van der Waals surface area contributed by atoms with E-state index >= 15 is 0 Å². The van der Waals surface area contributed by atoms with Crippen LogP contribution in [0.15, 0.2) is 24.3 Å². The van der Waals surface area contributed by atoms with E-state index in [1.807, 2.05) is 31.2 Å². The van der Waals surface area contributed by atoms with E-state index < -0.39 is 0 Å². The summed E-state index contributed by atoms with van der Waals surface area (Å²) in [5.74, 6) is 1.37. The van der Waals surface area contributed by atoms with Gasteiger partial charge in [0.2, 0.25) is 11.8 Å². The highest BCUT2D eigenvalue weighted by Gasteiger charge is 2.49. The summed E-state index contributed by atoms with van der Waals surface area (Å²) >= 11 is 0. The SMILES string of the molecule is CC(NC(=O)C1C2CCC(C2)C1N)c1ccc(NC(=O)C2CC2)cc1. The standard InChI is InChI=1S/C20H27N3O2/c1-11(22-20(25)17-14-4-5-15(10-14)18(17)21)12-6-8-16(9-7-12)23-19(24)13-2-3-13/h6-9,11,13-15,17-18H,2-5,10,21H2,1H3,(H,22,25)(H,23,24). The number of amides is 2. The van der Waals surface area contributed by atoms with Crippen molar-refractivity contribution >= 4 is 17.5 Å². The van der Waals surface area contributed by atoms with Crippen molar-refractivity contribution in [2.75, 3.05) is 5.32 Å². The van der Waals surface area contributed by atoms with Crippen LogP contribution in [0.3, 0.4) is 0 Å². The minimum absolute atomic E-state index is 0.0194. The van der Waals surface area contributed by atoms with Gasteiger partial charge in [0.25, 0.3) is 0 Å². The minimum Gasteiger partial charge on any atom is -0.349 e. The fourth-order valence-electron chi connectivity index (χ4n) is 4.56. The quantitative estimate of drug-likeness (QED) is 0.769. The van der Waals surface area contributed by atoms with E-state index in [-0.39, 0.29) is 35.7 Å². The molecule has 134 valence electrons. The lowest BCUT2D eigenvalue weighted by Gasteiger charge is -2.28. The van der Waals surface area contributed by atoms with Crippen LogP contribution in [-0.4, -0.2) is 17.9 Å². The van der Waals surface area contributed by atoms with Gasteiger partial charge in [-0.05, 0) is 68.6 Å². The summed E-state index contributed by atoms with van der Waals surface area (Å²) in [5, 5.41) is 6.07. The summed E-state index contributed by atoms with van der Waals surface area (Å²) in [4.78, 5) is 24.5. The fourth-order valence-corrected chi connectivity index (χ4v) is 4.56. The molecule has 3 fully saturated rings. The Balaban J connectivity index is 1.35. The molecule has 5 atom stereocenters. The van der Waals surface area contributed by atoms with E-state index in [1.54, 1.807) is 0 Å². The van der Waals surface area contributed by atoms with Gasteiger partial charge in [0.15, 0.2) is 0 Å². The zero-order chi connectivity index (χ0) is 17.6. The minimum atomic E-state index is -0.0630. The second-order valence-corrected chi connectivity index (χ2v) is 8.05. The smallest absolute Gasteiger partial charge is 0.227 e. The van der Waals surface area contributed by atoms with Crippen molar-refractivity contribution in [2.24, 2.45) is 29.4 Å². The van der Waals surface area contributed by atoms with E-state index in [2.05, 4.69) is 10.6 Å². The third-order valence-electron chi connectivity index (χ3n) is 6.27. The number of benzene rings is 1. The van der Waals surface area contributed by atoms with Gasteiger partial charge >= 0.3 is 0 Å². The predicted molar refractivity (Wildman–Crippen MR) is 96.6 cm³/mol. The number of nitrogens with two attached hydrogens (primary N) is 1. The Labute approximate surface area is 148 Å². The number of rotatable bonds is 5. The van der Waals surface area contributed by atoms with Crippen LogP contribution in [0.5, 0.6) is 0 Å². The van der Waals surface area contributed by atoms with Crippen molar-refractivity contribution < 1.29 is 9.59 Å². The Morgan fingerprint density at radius 2 is 1.72 bits per heavy atom. The molecule has 3 saturated carbocycles. The van der Waals surface area contributed by atoms with E-state index in [4.69, 9.17) is 5.73 Å². The Morgan fingerprint density at radius 3 is 2.32 bits per heavy atom. The summed E-state index contributed by atoms with van der Waals surface area (Å²) in [5.41, 5.74) is 8.12. The van der Waals surface area contributed by atoms with Crippen LogP contribution in [0.4, 0.5) is 5.69 Å². The average Bonchev–Trinajstić information content (AvgIpc) is 3.27. The highest BCUT2D eigenvalue weighted by atomic mass is 16.2. The number of hydrogen-bond donors (Lipinski definition) is 3. The van der Waals surface area contributed by atoms with Gasteiger partial charge in [0, 0.05) is 17.6 Å². The number of nitrogens with one attached hydrogen (secondary N) is 2. The first-order valence-electron chi connectivity index (χ1n) is 9.49. The Morgan fingerprint density at radius 1 is 1.04 bits per heavy atom. The molecule has 2 amide bonds. The molecule has 0 heterocycles. The van der Waals surface area contributed by atoms with Crippen molar-refractivity contribution in [3.63, 3.8) is 0 Å². The predicted octanol–water partition coefficient (Wildman–Crippen LogP) is 2.59. The molecule has 4 rings (SSSR count). The molecule has 5 unspecified atom stereocenters. The first-order valence-corrected chi connectivity index (χ1v) is 9.49. The lowest BCUT2D eigenvalue weighted by Crippen LogP contribution is -2.45. The fraction of sp³-hybridized carbons (Fsp3) is 0.600. The number of carbonyl (C=O) groups excluding carboxylic acids is 2. The highest BCUT2D eigenvalue weighted by molar-refractivity contribution is 5.94. The molecule has 3 aliphatic rings. The molecule has 0 aliphatic heterocycles. The molecule has 5 heteroatoms. The van der Waals surface area contributed by atoms with E-state index in [1.165, 1.54) is 6.42 Å². The second kappa shape index (κ2) is 6.45. The summed E-state index contributed by atoms with van der Waals surface area (Å²) in [6.07, 6.45) is 5.43. The van der Waals surface area contributed by atoms with Crippen LogP contribution in [0.2, 0.25) is 0 Å². The third-order valence-corrected chi connectivity index (χ3v) is 6.27. The van der Waals surface area contributed by atoms with Gasteiger partial charge in [-0.2, -0.15) is 0 Å². The molecular weight excluding hydrogens is 314 g/mol. The van der Waals surface area contributed by atoms with Gasteiger partial charge in [0.05, 0.1) is 12.0 Å². The van der Waals surface area contributed by atoms with Gasteiger partial charge in [-0.15, -0.1) is 0 Å². The van der Waals surface area contributed by atoms with Crippen LogP contribution in [0.1, 0.15) is 50.6 Å². The first kappa shape index (κ1) is 16.6. The van der Waals surface area contributed by atoms with Gasteiger partial charge < -0.3 is 16.4 Å². The molecule has 0 aromatic heterocycles. The van der Waals surface area contributed by atoms with Crippen LogP contribution in [0.25, 0.3) is 0 Å². The third kappa shape index (κ3) is 3.30. The Bertz CT molecular complexity index is 666. The molecule has 0 radical (unpaired) electrons. The topological polar surface area (TPSA) is 84.2 Å². The lowest BCUT2D eigenvalue weighted by molar-refractivity contribution is -0.127. The van der Waals surface area contributed by atoms with Gasteiger partial charge in [-0.3, -0.25) is 9.59 Å². The number of anilines is 1. The lowest BCUT2D eigenvalue weighted by atomic mass is 9.84. The molecule has 1 aromatic carbocycles. The maximum Gasteiger partial charge on any atom is 0.227 e. The molecule has 5 nitrogen and oxygen atoms in total. The Hall–Kier alpha value is -1.88. The average molecular weight is 341 g/mol. The summed E-state index contributed by atoms with van der Waals surface area (Å²) in [6.45, 7) is 1.99. The van der Waals surface area contributed by atoms with Gasteiger partial charge in [-0.1, -0.05) is 12.1 Å². The van der Waals surface area contributed by atoms with Crippen LogP contribution < -0.4 is 16.4 Å². The van der Waals surface area contributed by atoms with E-state index in [0.29, 0.717) is 11.8 Å². The number of hydrogen-bond acceptors (Lipinski definition) is 3. The van der Waals surface area contributed by atoms with Gasteiger partial charge in [-0.25, -0.2) is 0 Å². The first-order chi connectivity index (χ1) is 12.0. The van der Waals surface area contributed by atoms with Gasteiger partial charge in [0.1, 0.15) is 0 Å². The van der Waals surface area contributed by atoms with Crippen LogP contribution >= 0.6 is 0 Å². The second-order valence-electron chi connectivity index (χ2n) is 8.05. The molecule has 4 N–H and O–H groups in total. The zero-order valence-electron chi connectivity index (χ0n) is 14.7. The molecule has 1 aromatic rings. The highest BCUT2D eigenvalue weighted by Crippen LogP contribution is 2.47. The van der Waals surface area contributed by atoms with Crippen LogP contribution in [-0.2, 0) is 9.59 Å². The Kier molecular flexibility index (Phi) is 4.28. The van der Waals surface area contributed by atoms with Crippen molar-refractivity contribution in [2.45, 2.75) is 51.1 Å². The molecule has 0 spiro atoms. The van der Waals surface area contributed by atoms with E-state index in [9.17, 15) is 9.59 Å². The van der Waals surface area contributed by atoms with Crippen molar-refractivity contribution in [1.29, 1.82) is 0 Å². The normalized spacial score (nSPS) is 31.6. The maximum absolute atomic E-state index is 12.7. The molecule has 25 heavy (non-hydrogen) atoms. The van der Waals surface area contributed by atoms with E-state index in [0.717, 1.165) is 36.9 Å². The molecule has 2 bridgehead atoms. The van der Waals surface area contributed by atoms with Crippen LogP contribution in [0, 0.1) is 23.7 Å². The van der Waals surface area contributed by atoms with Crippen molar-refractivity contribution in [3.8, 4) is 0 Å². The van der Waals surface area contributed by atoms with Crippen molar-refractivity contribution in [1.82, 2.24) is 5.32 Å². The maximum atomic E-state index is 12.7.